The van der Waals surface area contributed by atoms with Crippen LogP contribution in [-0.4, -0.2) is 59.2 Å². The Bertz CT molecular complexity index is 1500. The number of hydrogen-bond donors (Lipinski definition) is 3. The number of nitrogens with one attached hydrogen (secondary N) is 3. The molecule has 6 rings (SSSR count). The monoisotopic (exact) mass is 561 g/mol. The van der Waals surface area contributed by atoms with E-state index in [1.54, 1.807) is 7.05 Å². The lowest BCUT2D eigenvalue weighted by molar-refractivity contribution is -0.120. The van der Waals surface area contributed by atoms with Gasteiger partial charge in [-0.05, 0) is 36.1 Å². The van der Waals surface area contributed by atoms with E-state index in [-0.39, 0.29) is 18.2 Å². The Morgan fingerprint density at radius 1 is 1.12 bits per heavy atom. The highest BCUT2D eigenvalue weighted by molar-refractivity contribution is 6.33. The predicted molar refractivity (Wildman–Crippen MR) is 153 cm³/mol. The maximum Gasteiger partial charge on any atom is 0.297 e. The Hall–Kier alpha value is -3.50. The number of carbonyl (C=O) groups is 1. The molecule has 2 fully saturated rings. The van der Waals surface area contributed by atoms with Gasteiger partial charge in [-0.3, -0.25) is 10.1 Å². The molecule has 3 N–H and O–H groups in total. The van der Waals surface area contributed by atoms with E-state index in [0.717, 1.165) is 35.1 Å². The van der Waals surface area contributed by atoms with Crippen molar-refractivity contribution in [3.63, 3.8) is 0 Å². The molecule has 0 aliphatic carbocycles. The van der Waals surface area contributed by atoms with Crippen LogP contribution in [0.1, 0.15) is 31.7 Å². The van der Waals surface area contributed by atoms with Crippen molar-refractivity contribution in [2.24, 2.45) is 0 Å². The molecule has 2 saturated heterocycles. The molecule has 0 spiro atoms. The molecule has 3 unspecified atom stereocenters. The predicted octanol–water partition coefficient (Wildman–Crippen LogP) is 4.84. The number of ether oxygens (including phenoxy) is 3. The molecule has 0 radical (unpaired) electrons. The third kappa shape index (κ3) is 5.42. The molecule has 2 aromatic heterocycles. The van der Waals surface area contributed by atoms with Gasteiger partial charge in [0.1, 0.15) is 6.10 Å². The number of imidazole rings is 1. The van der Waals surface area contributed by atoms with Gasteiger partial charge in [-0.15, -0.1) is 0 Å². The number of benzene rings is 2. The summed E-state index contributed by atoms with van der Waals surface area (Å²) in [5.41, 5.74) is 5.57. The standard InChI is InChI=1S/C30H32ClN5O4/c1-18(36-30-14-16-38-25(30)13-15-39-30)40-29-33-24-17-23(31)27(34-28(24)35-29)22-10-8-21(9-11-22)20-6-3-19(4-7-20)5-12-26(37)32-2/h3-4,6-11,17-18,25,36H,5,12-16H2,1-2H3,(H,32,37)(H,33,34,35). The summed E-state index contributed by atoms with van der Waals surface area (Å²) < 4.78 is 17.8. The SMILES string of the molecule is CNC(=O)CCc1ccc(-c2ccc(-c3nc4nc(OC(C)NC56CCOC5CCO6)[nH]c4cc3Cl)cc2)cc1. The van der Waals surface area contributed by atoms with Crippen molar-refractivity contribution in [2.45, 2.75) is 50.7 Å². The molecule has 0 bridgehead atoms. The molecule has 2 aliphatic heterocycles. The highest BCUT2D eigenvalue weighted by atomic mass is 35.5. The van der Waals surface area contributed by atoms with Crippen LogP contribution >= 0.6 is 11.6 Å². The number of aromatic nitrogens is 3. The number of hydrogen-bond acceptors (Lipinski definition) is 7. The zero-order valence-electron chi connectivity index (χ0n) is 22.5. The van der Waals surface area contributed by atoms with E-state index in [2.05, 4.69) is 44.9 Å². The van der Waals surface area contributed by atoms with Crippen LogP contribution in [0.5, 0.6) is 6.01 Å². The summed E-state index contributed by atoms with van der Waals surface area (Å²) >= 11 is 6.64. The van der Waals surface area contributed by atoms with E-state index in [1.165, 1.54) is 0 Å². The van der Waals surface area contributed by atoms with Gasteiger partial charge in [0.2, 0.25) is 5.91 Å². The number of H-pyrrole nitrogens is 1. The van der Waals surface area contributed by atoms with Crippen LogP contribution in [0.15, 0.2) is 54.6 Å². The summed E-state index contributed by atoms with van der Waals surface area (Å²) in [4.78, 5) is 24.0. The minimum Gasteiger partial charge on any atom is -0.446 e. The van der Waals surface area contributed by atoms with Crippen molar-refractivity contribution >= 4 is 28.7 Å². The summed E-state index contributed by atoms with van der Waals surface area (Å²) in [5.74, 6) is 0.0435. The van der Waals surface area contributed by atoms with Crippen LogP contribution in [0, 0.1) is 0 Å². The van der Waals surface area contributed by atoms with Crippen LogP contribution in [0.4, 0.5) is 0 Å². The highest BCUT2D eigenvalue weighted by Crippen LogP contribution is 2.36. The van der Waals surface area contributed by atoms with Gasteiger partial charge in [-0.2, -0.15) is 4.98 Å². The number of nitrogens with zero attached hydrogens (tertiary/aromatic N) is 2. The largest absolute Gasteiger partial charge is 0.446 e. The zero-order chi connectivity index (χ0) is 27.7. The molecule has 2 aromatic carbocycles. The Labute approximate surface area is 237 Å². The number of carbonyl (C=O) groups excluding carboxylic acids is 1. The number of rotatable bonds is 9. The number of halogens is 1. The van der Waals surface area contributed by atoms with E-state index in [0.29, 0.717) is 53.9 Å². The molecular weight excluding hydrogens is 530 g/mol. The quantitative estimate of drug-likeness (QED) is 0.251. The van der Waals surface area contributed by atoms with Crippen molar-refractivity contribution in [2.75, 3.05) is 20.3 Å². The number of fused-ring (bicyclic) bond motifs is 2. The van der Waals surface area contributed by atoms with Gasteiger partial charge in [-0.25, -0.2) is 4.98 Å². The second kappa shape index (κ2) is 11.2. The molecule has 4 aromatic rings. The second-order valence-electron chi connectivity index (χ2n) is 10.2. The average Bonchev–Trinajstić information content (AvgIpc) is 3.65. The van der Waals surface area contributed by atoms with Gasteiger partial charge in [0.15, 0.2) is 17.6 Å². The average molecular weight is 562 g/mol. The number of aromatic amines is 1. The third-order valence-electron chi connectivity index (χ3n) is 7.56. The smallest absolute Gasteiger partial charge is 0.297 e. The summed E-state index contributed by atoms with van der Waals surface area (Å²) in [5, 5.41) is 6.61. The molecule has 208 valence electrons. The summed E-state index contributed by atoms with van der Waals surface area (Å²) in [7, 11) is 1.66. The number of pyridine rings is 1. The number of amides is 1. The zero-order valence-corrected chi connectivity index (χ0v) is 23.3. The van der Waals surface area contributed by atoms with Crippen molar-refractivity contribution in [1.82, 2.24) is 25.6 Å². The molecule has 40 heavy (non-hydrogen) atoms. The van der Waals surface area contributed by atoms with E-state index >= 15 is 0 Å². The molecule has 9 nitrogen and oxygen atoms in total. The first-order chi connectivity index (χ1) is 19.4. The van der Waals surface area contributed by atoms with Crippen LogP contribution in [0.25, 0.3) is 33.5 Å². The van der Waals surface area contributed by atoms with Crippen LogP contribution in [0.3, 0.4) is 0 Å². The second-order valence-corrected chi connectivity index (χ2v) is 10.6. The fourth-order valence-electron chi connectivity index (χ4n) is 5.45. The van der Waals surface area contributed by atoms with Gasteiger partial charge >= 0.3 is 0 Å². The molecule has 10 heteroatoms. The van der Waals surface area contributed by atoms with Gasteiger partial charge in [0, 0.05) is 31.9 Å². The molecule has 4 heterocycles. The fourth-order valence-corrected chi connectivity index (χ4v) is 5.71. The molecule has 2 aliphatic rings. The lowest BCUT2D eigenvalue weighted by atomic mass is 10.00. The highest BCUT2D eigenvalue weighted by Gasteiger charge is 2.50. The maximum atomic E-state index is 11.5. The number of aryl methyl sites for hydroxylation is 1. The van der Waals surface area contributed by atoms with Gasteiger partial charge < -0.3 is 24.5 Å². The topological polar surface area (TPSA) is 110 Å². The van der Waals surface area contributed by atoms with Gasteiger partial charge in [0.05, 0.1) is 29.4 Å². The van der Waals surface area contributed by atoms with Gasteiger partial charge in [-0.1, -0.05) is 60.1 Å². The van der Waals surface area contributed by atoms with Gasteiger partial charge in [0.25, 0.3) is 6.01 Å². The Morgan fingerprint density at radius 2 is 1.85 bits per heavy atom. The minimum atomic E-state index is -0.499. The van der Waals surface area contributed by atoms with E-state index in [1.807, 2.05) is 37.3 Å². The first-order valence-corrected chi connectivity index (χ1v) is 14.0. The third-order valence-corrected chi connectivity index (χ3v) is 7.85. The molecular formula is C30H32ClN5O4. The summed E-state index contributed by atoms with van der Waals surface area (Å²) in [6.45, 7) is 3.27. The minimum absolute atomic E-state index is 0.0435. The molecule has 1 amide bonds. The first kappa shape index (κ1) is 26.7. The van der Waals surface area contributed by atoms with Crippen molar-refractivity contribution in [3.05, 3.63) is 65.2 Å². The van der Waals surface area contributed by atoms with E-state index in [4.69, 9.17) is 30.8 Å². The lowest BCUT2D eigenvalue weighted by Crippen LogP contribution is -2.54. The summed E-state index contributed by atoms with van der Waals surface area (Å²) in [6, 6.07) is 18.6. The van der Waals surface area contributed by atoms with Crippen molar-refractivity contribution in [1.29, 1.82) is 0 Å². The Kier molecular flexibility index (Phi) is 7.46. The van der Waals surface area contributed by atoms with E-state index in [9.17, 15) is 4.79 Å². The Balaban J connectivity index is 1.14. The fraction of sp³-hybridized carbons (Fsp3) is 0.367. The maximum absolute atomic E-state index is 11.5. The lowest BCUT2D eigenvalue weighted by Gasteiger charge is -2.31. The van der Waals surface area contributed by atoms with E-state index < -0.39 is 5.72 Å². The first-order valence-electron chi connectivity index (χ1n) is 13.6. The van der Waals surface area contributed by atoms with Crippen molar-refractivity contribution < 1.29 is 19.0 Å². The van der Waals surface area contributed by atoms with Crippen LogP contribution < -0.4 is 15.4 Å². The normalized spacial score (nSPS) is 20.9. The molecule has 3 atom stereocenters. The van der Waals surface area contributed by atoms with Crippen LogP contribution in [-0.2, 0) is 20.7 Å². The Morgan fingerprint density at radius 3 is 2.60 bits per heavy atom. The van der Waals surface area contributed by atoms with Crippen molar-refractivity contribution in [3.8, 4) is 28.4 Å². The molecule has 0 saturated carbocycles. The summed E-state index contributed by atoms with van der Waals surface area (Å²) in [6.07, 6.45) is 2.55. The van der Waals surface area contributed by atoms with Crippen LogP contribution in [0.2, 0.25) is 5.02 Å².